The molecule has 1 aliphatic rings. The summed E-state index contributed by atoms with van der Waals surface area (Å²) >= 11 is 5.69. The van der Waals surface area contributed by atoms with E-state index in [-0.39, 0.29) is 16.4 Å². The Morgan fingerprint density at radius 3 is 2.71 bits per heavy atom. The average molecular weight is 410 g/mol. The van der Waals surface area contributed by atoms with E-state index in [0.717, 1.165) is 6.07 Å². The van der Waals surface area contributed by atoms with Crippen LogP contribution in [-0.2, 0) is 10.3 Å². The maximum absolute atomic E-state index is 13.8. The molecule has 2 aromatic heterocycles. The van der Waals surface area contributed by atoms with Crippen molar-refractivity contribution in [3.8, 4) is 0 Å². The second-order valence-electron chi connectivity index (χ2n) is 6.79. The van der Waals surface area contributed by atoms with Crippen molar-refractivity contribution in [1.29, 1.82) is 0 Å². The van der Waals surface area contributed by atoms with Gasteiger partial charge in [-0.1, -0.05) is 17.7 Å². The smallest absolute Gasteiger partial charge is 0.167 e. The molecule has 28 heavy (non-hydrogen) atoms. The molecule has 0 radical (unpaired) electrons. The Labute approximate surface area is 163 Å². The Balaban J connectivity index is 1.71. The lowest BCUT2D eigenvalue weighted by Crippen LogP contribution is -2.45. The van der Waals surface area contributed by atoms with Crippen LogP contribution in [0, 0.1) is 5.82 Å². The first kappa shape index (κ1) is 19.0. The minimum Gasteiger partial charge on any atom is -0.387 e. The van der Waals surface area contributed by atoms with E-state index in [1.165, 1.54) is 36.3 Å². The summed E-state index contributed by atoms with van der Waals surface area (Å²) in [5, 5.41) is 31.9. The Morgan fingerprint density at radius 1 is 1.25 bits per heavy atom. The van der Waals surface area contributed by atoms with Crippen molar-refractivity contribution in [3.63, 3.8) is 0 Å². The molecule has 1 saturated heterocycles. The van der Waals surface area contributed by atoms with Gasteiger partial charge in [-0.25, -0.2) is 19.3 Å². The highest BCUT2D eigenvalue weighted by atomic mass is 35.5. The molecule has 0 saturated carbocycles. The maximum atomic E-state index is 13.8. The molecule has 3 heterocycles. The van der Waals surface area contributed by atoms with Crippen molar-refractivity contribution in [2.45, 2.75) is 37.1 Å². The van der Waals surface area contributed by atoms with E-state index in [1.807, 2.05) is 0 Å². The second kappa shape index (κ2) is 6.61. The van der Waals surface area contributed by atoms with Crippen molar-refractivity contribution in [2.24, 2.45) is 0 Å². The second-order valence-corrected chi connectivity index (χ2v) is 7.20. The van der Waals surface area contributed by atoms with Crippen LogP contribution < -0.4 is 5.73 Å². The van der Waals surface area contributed by atoms with Gasteiger partial charge in [-0.3, -0.25) is 4.57 Å². The zero-order valence-electron chi connectivity index (χ0n) is 14.6. The quantitative estimate of drug-likeness (QED) is 0.496. The Kier molecular flexibility index (Phi) is 4.47. The maximum Gasteiger partial charge on any atom is 0.167 e. The predicted octanol–water partition coefficient (Wildman–Crippen LogP) is 0.728. The number of fused-ring (bicyclic) bond motifs is 1. The fraction of sp³-hybridized carbons (Fsp3) is 0.353. The van der Waals surface area contributed by atoms with Gasteiger partial charge in [-0.15, -0.1) is 0 Å². The van der Waals surface area contributed by atoms with Gasteiger partial charge in [-0.2, -0.15) is 0 Å². The van der Waals surface area contributed by atoms with E-state index in [9.17, 15) is 19.7 Å². The molecule has 3 aromatic rings. The van der Waals surface area contributed by atoms with Gasteiger partial charge in [0.25, 0.3) is 0 Å². The minimum absolute atomic E-state index is 0.104. The monoisotopic (exact) mass is 409 g/mol. The zero-order valence-corrected chi connectivity index (χ0v) is 15.3. The van der Waals surface area contributed by atoms with Crippen molar-refractivity contribution in [3.05, 3.63) is 47.3 Å². The molecule has 0 bridgehead atoms. The number of nitrogens with two attached hydrogens (primary N) is 1. The van der Waals surface area contributed by atoms with Gasteiger partial charge >= 0.3 is 0 Å². The van der Waals surface area contributed by atoms with Gasteiger partial charge in [0.2, 0.25) is 0 Å². The minimum atomic E-state index is -1.83. The van der Waals surface area contributed by atoms with Gasteiger partial charge in [0.05, 0.1) is 11.3 Å². The largest absolute Gasteiger partial charge is 0.387 e. The van der Waals surface area contributed by atoms with Crippen molar-refractivity contribution < 1.29 is 24.4 Å². The Hall–Kier alpha value is -2.37. The molecule has 1 fully saturated rings. The molecule has 0 spiro atoms. The first-order valence-electron chi connectivity index (χ1n) is 8.34. The summed E-state index contributed by atoms with van der Waals surface area (Å²) < 4.78 is 21.0. The van der Waals surface area contributed by atoms with Crippen molar-refractivity contribution in [1.82, 2.24) is 19.5 Å². The summed E-state index contributed by atoms with van der Waals surface area (Å²) in [5.74, 6) is -0.575. The average Bonchev–Trinajstić information content (AvgIpc) is 3.20. The fourth-order valence-corrected chi connectivity index (χ4v) is 3.50. The van der Waals surface area contributed by atoms with Crippen LogP contribution in [-0.4, -0.2) is 53.2 Å². The summed E-state index contributed by atoms with van der Waals surface area (Å²) in [6.45, 7) is 1.35. The first-order chi connectivity index (χ1) is 13.2. The standard InChI is InChI=1S/C17H17ClFN5O4/c1-17(27,7-2-3-8(18)9(19)4-7)13-11(25)12(26)16(28-13)24-6-23-10-14(20)21-5-22-15(10)24/h2-6,11-13,16,25-27H,1H3,(H2,20,21,22)/t11-,12+,13-,16+,17+/m0/s1. The lowest BCUT2D eigenvalue weighted by molar-refractivity contribution is -0.136. The van der Waals surface area contributed by atoms with Crippen LogP contribution in [0.25, 0.3) is 11.2 Å². The molecular formula is C17H17ClFN5O4. The van der Waals surface area contributed by atoms with E-state index in [1.54, 1.807) is 0 Å². The van der Waals surface area contributed by atoms with Crippen LogP contribution in [0.1, 0.15) is 18.7 Å². The number of halogens is 2. The van der Waals surface area contributed by atoms with Crippen LogP contribution >= 0.6 is 11.6 Å². The summed E-state index contributed by atoms with van der Waals surface area (Å²) in [6.07, 6.45) is -2.70. The third-order valence-electron chi connectivity index (χ3n) is 4.96. The molecule has 0 aliphatic carbocycles. The number of hydrogen-bond donors (Lipinski definition) is 4. The van der Waals surface area contributed by atoms with Gasteiger partial charge < -0.3 is 25.8 Å². The van der Waals surface area contributed by atoms with E-state index in [0.29, 0.717) is 11.2 Å². The van der Waals surface area contributed by atoms with Gasteiger partial charge in [-0.05, 0) is 24.6 Å². The topological polar surface area (TPSA) is 140 Å². The number of ether oxygens (including phenoxy) is 1. The van der Waals surface area contributed by atoms with E-state index >= 15 is 0 Å². The molecule has 5 N–H and O–H groups in total. The van der Waals surface area contributed by atoms with E-state index < -0.39 is 36.0 Å². The Morgan fingerprint density at radius 2 is 2.00 bits per heavy atom. The number of nitrogen functional groups attached to an aromatic ring is 1. The summed E-state index contributed by atoms with van der Waals surface area (Å²) in [4.78, 5) is 12.0. The SMILES string of the molecule is C[C@@](O)(c1ccc(Cl)c(F)c1)[C@H]1O[C@@H](n2cnc3c(N)ncnc32)[C@H](O)[C@@H]1O. The van der Waals surface area contributed by atoms with Crippen LogP contribution in [0.15, 0.2) is 30.9 Å². The molecule has 5 atom stereocenters. The summed E-state index contributed by atoms with van der Waals surface area (Å²) in [5.41, 5.74) is 4.67. The lowest BCUT2D eigenvalue weighted by atomic mass is 9.86. The van der Waals surface area contributed by atoms with E-state index in [4.69, 9.17) is 22.1 Å². The zero-order chi connectivity index (χ0) is 20.2. The molecule has 11 heteroatoms. The molecule has 0 amide bonds. The normalized spacial score (nSPS) is 27.2. The third kappa shape index (κ3) is 2.81. The first-order valence-corrected chi connectivity index (χ1v) is 8.72. The number of aliphatic hydroxyl groups excluding tert-OH is 2. The van der Waals surface area contributed by atoms with Gasteiger partial charge in [0.15, 0.2) is 17.7 Å². The highest BCUT2D eigenvalue weighted by Gasteiger charge is 2.52. The molecule has 1 aromatic carbocycles. The summed E-state index contributed by atoms with van der Waals surface area (Å²) in [6, 6.07) is 3.76. The van der Waals surface area contributed by atoms with Crippen molar-refractivity contribution in [2.75, 3.05) is 5.73 Å². The number of aliphatic hydroxyl groups is 3. The molecule has 148 valence electrons. The lowest BCUT2D eigenvalue weighted by Gasteiger charge is -2.32. The molecular weight excluding hydrogens is 393 g/mol. The molecule has 9 nitrogen and oxygen atoms in total. The van der Waals surface area contributed by atoms with E-state index in [2.05, 4.69) is 15.0 Å². The molecule has 0 unspecified atom stereocenters. The van der Waals surface area contributed by atoms with Gasteiger partial charge in [0.1, 0.15) is 41.6 Å². The van der Waals surface area contributed by atoms with Crippen LogP contribution in [0.2, 0.25) is 5.02 Å². The number of aromatic nitrogens is 4. The number of nitrogens with zero attached hydrogens (tertiary/aromatic N) is 4. The number of benzene rings is 1. The van der Waals surface area contributed by atoms with Crippen LogP contribution in [0.4, 0.5) is 10.2 Å². The summed E-state index contributed by atoms with van der Waals surface area (Å²) in [7, 11) is 0. The van der Waals surface area contributed by atoms with Gasteiger partial charge in [0, 0.05) is 0 Å². The Bertz CT molecular complexity index is 1050. The highest BCUT2D eigenvalue weighted by molar-refractivity contribution is 6.30. The van der Waals surface area contributed by atoms with Crippen LogP contribution in [0.3, 0.4) is 0 Å². The number of anilines is 1. The van der Waals surface area contributed by atoms with Crippen LogP contribution in [0.5, 0.6) is 0 Å². The fourth-order valence-electron chi connectivity index (χ4n) is 3.39. The number of rotatable bonds is 3. The highest BCUT2D eigenvalue weighted by Crippen LogP contribution is 2.40. The van der Waals surface area contributed by atoms with Crippen molar-refractivity contribution >= 4 is 28.6 Å². The molecule has 1 aliphatic heterocycles. The number of imidazole rings is 1. The molecule has 4 rings (SSSR count). The number of hydrogen-bond acceptors (Lipinski definition) is 8. The predicted molar refractivity (Wildman–Crippen MR) is 96.6 cm³/mol. The third-order valence-corrected chi connectivity index (χ3v) is 5.26.